The predicted octanol–water partition coefficient (Wildman–Crippen LogP) is -4.10. The number of carbonyl (C=O) groups is 6. The highest BCUT2D eigenvalue weighted by Crippen LogP contribution is 2.02. The average molecular weight is 465 g/mol. The molecule has 0 aromatic carbocycles. The van der Waals surface area contributed by atoms with Crippen LogP contribution in [0.25, 0.3) is 0 Å². The third kappa shape index (κ3) is 10.6. The van der Waals surface area contributed by atoms with E-state index >= 15 is 0 Å². The van der Waals surface area contributed by atoms with E-state index in [1.807, 2.05) is 5.32 Å². The van der Waals surface area contributed by atoms with Crippen LogP contribution in [-0.2, 0) is 28.8 Å². The van der Waals surface area contributed by atoms with E-state index in [0.29, 0.717) is 0 Å². The lowest BCUT2D eigenvalue weighted by Gasteiger charge is -2.24. The number of carboxylic acid groups (broad SMARTS) is 2. The van der Waals surface area contributed by atoms with E-state index in [4.69, 9.17) is 21.7 Å². The summed E-state index contributed by atoms with van der Waals surface area (Å²) < 4.78 is 0. The molecule has 0 aliphatic rings. The van der Waals surface area contributed by atoms with Crippen LogP contribution >= 0.6 is 12.6 Å². The van der Waals surface area contributed by atoms with E-state index < -0.39 is 72.3 Å². The normalized spacial score (nSPS) is 15.5. The molecule has 0 spiro atoms. The summed E-state index contributed by atoms with van der Waals surface area (Å²) >= 11 is 3.90. The molecule has 31 heavy (non-hydrogen) atoms. The van der Waals surface area contributed by atoms with Gasteiger partial charge in [0.1, 0.15) is 24.2 Å². The second kappa shape index (κ2) is 13.4. The molecule has 10 N–H and O–H groups in total. The van der Waals surface area contributed by atoms with E-state index in [2.05, 4.69) is 23.3 Å². The Kier molecular flexibility index (Phi) is 12.1. The molecule has 176 valence electrons. The first-order valence-corrected chi connectivity index (χ1v) is 9.61. The van der Waals surface area contributed by atoms with Crippen LogP contribution in [0, 0.1) is 0 Å². The van der Waals surface area contributed by atoms with Crippen LogP contribution in [0.2, 0.25) is 0 Å². The first-order valence-electron chi connectivity index (χ1n) is 8.98. The molecule has 15 heteroatoms. The maximum absolute atomic E-state index is 12.5. The van der Waals surface area contributed by atoms with Crippen molar-refractivity contribution < 1.29 is 44.1 Å². The van der Waals surface area contributed by atoms with Crippen molar-refractivity contribution in [3.63, 3.8) is 0 Å². The van der Waals surface area contributed by atoms with Gasteiger partial charge in [0.15, 0.2) is 0 Å². The Morgan fingerprint density at radius 3 is 1.81 bits per heavy atom. The predicted molar refractivity (Wildman–Crippen MR) is 108 cm³/mol. The van der Waals surface area contributed by atoms with Gasteiger partial charge in [-0.1, -0.05) is 0 Å². The number of nitrogens with one attached hydrogen (secondary N) is 3. The van der Waals surface area contributed by atoms with Crippen molar-refractivity contribution in [1.82, 2.24) is 16.0 Å². The second-order valence-electron chi connectivity index (χ2n) is 6.57. The van der Waals surface area contributed by atoms with Gasteiger partial charge in [-0.2, -0.15) is 12.6 Å². The van der Waals surface area contributed by atoms with Crippen molar-refractivity contribution in [1.29, 1.82) is 0 Å². The summed E-state index contributed by atoms with van der Waals surface area (Å²) in [4.78, 5) is 69.7. The van der Waals surface area contributed by atoms with Crippen LogP contribution < -0.4 is 27.4 Å². The summed E-state index contributed by atoms with van der Waals surface area (Å²) in [5.74, 6) is -7.01. The Hall–Kier alpha value is -2.91. The van der Waals surface area contributed by atoms with Crippen molar-refractivity contribution in [3.05, 3.63) is 0 Å². The molecule has 4 amide bonds. The minimum Gasteiger partial charge on any atom is -0.481 e. The van der Waals surface area contributed by atoms with E-state index in [1.54, 1.807) is 0 Å². The minimum absolute atomic E-state index is 0.253. The SMILES string of the molecule is CC(O)C(N)C(=O)NC(CCC(N)=O)C(=O)NC(CS)C(=O)NC(CC(=O)O)C(=O)O. The van der Waals surface area contributed by atoms with Crippen LogP contribution in [-0.4, -0.2) is 86.9 Å². The summed E-state index contributed by atoms with van der Waals surface area (Å²) in [7, 11) is 0. The number of carboxylic acids is 2. The van der Waals surface area contributed by atoms with E-state index in [9.17, 15) is 33.9 Å². The fourth-order valence-corrected chi connectivity index (χ4v) is 2.41. The summed E-state index contributed by atoms with van der Waals surface area (Å²) in [6, 6.07) is -5.89. The van der Waals surface area contributed by atoms with Gasteiger partial charge in [0.2, 0.25) is 23.6 Å². The van der Waals surface area contributed by atoms with E-state index in [0.717, 1.165) is 0 Å². The molecule has 0 rings (SSSR count). The Morgan fingerprint density at radius 2 is 1.39 bits per heavy atom. The first kappa shape index (κ1) is 28.1. The monoisotopic (exact) mass is 465 g/mol. The summed E-state index contributed by atoms with van der Waals surface area (Å²) in [6.45, 7) is 1.25. The summed E-state index contributed by atoms with van der Waals surface area (Å²) in [5.41, 5.74) is 10.5. The fraction of sp³-hybridized carbons (Fsp3) is 0.625. The molecule has 0 bridgehead atoms. The van der Waals surface area contributed by atoms with Gasteiger partial charge in [0.05, 0.1) is 12.5 Å². The van der Waals surface area contributed by atoms with Gasteiger partial charge in [-0.05, 0) is 13.3 Å². The fourth-order valence-electron chi connectivity index (χ4n) is 2.16. The van der Waals surface area contributed by atoms with Crippen molar-refractivity contribution in [3.8, 4) is 0 Å². The largest absolute Gasteiger partial charge is 0.481 e. The first-order chi connectivity index (χ1) is 14.3. The van der Waals surface area contributed by atoms with Crippen molar-refractivity contribution in [2.75, 3.05) is 5.75 Å². The van der Waals surface area contributed by atoms with Crippen molar-refractivity contribution in [2.45, 2.75) is 56.5 Å². The lowest BCUT2D eigenvalue weighted by atomic mass is 10.1. The van der Waals surface area contributed by atoms with E-state index in [1.165, 1.54) is 6.92 Å². The zero-order valence-electron chi connectivity index (χ0n) is 16.6. The molecule has 0 radical (unpaired) electrons. The summed E-state index contributed by atoms with van der Waals surface area (Å²) in [5, 5.41) is 33.6. The van der Waals surface area contributed by atoms with Crippen LogP contribution in [0.15, 0.2) is 0 Å². The number of hydrogen-bond acceptors (Lipinski definition) is 9. The number of primary amides is 1. The van der Waals surface area contributed by atoms with Crippen LogP contribution in [0.4, 0.5) is 0 Å². The Balaban J connectivity index is 5.32. The Bertz CT molecular complexity index is 703. The number of hydrogen-bond donors (Lipinski definition) is 9. The number of carbonyl (C=O) groups excluding carboxylic acids is 4. The van der Waals surface area contributed by atoms with Crippen LogP contribution in [0.5, 0.6) is 0 Å². The zero-order valence-corrected chi connectivity index (χ0v) is 17.5. The topological polar surface area (TPSA) is 251 Å². The molecule has 0 saturated carbocycles. The Labute approximate surface area is 182 Å². The zero-order chi connectivity index (χ0) is 24.3. The van der Waals surface area contributed by atoms with Gasteiger partial charge in [-0.25, -0.2) is 4.79 Å². The molecule has 14 nitrogen and oxygen atoms in total. The van der Waals surface area contributed by atoms with Gasteiger partial charge in [-0.15, -0.1) is 0 Å². The van der Waals surface area contributed by atoms with Crippen molar-refractivity contribution >= 4 is 48.2 Å². The lowest BCUT2D eigenvalue weighted by molar-refractivity contribution is -0.147. The second-order valence-corrected chi connectivity index (χ2v) is 6.94. The van der Waals surface area contributed by atoms with Crippen LogP contribution in [0.3, 0.4) is 0 Å². The third-order valence-corrected chi connectivity index (χ3v) is 4.31. The van der Waals surface area contributed by atoms with E-state index in [-0.39, 0.29) is 18.6 Å². The number of aliphatic carboxylic acids is 2. The number of rotatable bonds is 14. The molecule has 0 aromatic heterocycles. The van der Waals surface area contributed by atoms with Crippen LogP contribution in [0.1, 0.15) is 26.2 Å². The molecule has 0 heterocycles. The highest BCUT2D eigenvalue weighted by molar-refractivity contribution is 7.80. The molecular formula is C16H27N5O9S. The number of aliphatic hydroxyl groups is 1. The third-order valence-electron chi connectivity index (χ3n) is 3.94. The quantitative estimate of drug-likeness (QED) is 0.112. The smallest absolute Gasteiger partial charge is 0.326 e. The highest BCUT2D eigenvalue weighted by Gasteiger charge is 2.31. The van der Waals surface area contributed by atoms with Gasteiger partial charge < -0.3 is 42.7 Å². The molecule has 0 aliphatic carbocycles. The number of amides is 4. The number of aliphatic hydroxyl groups excluding tert-OH is 1. The van der Waals surface area contributed by atoms with Gasteiger partial charge in [0.25, 0.3) is 0 Å². The van der Waals surface area contributed by atoms with Gasteiger partial charge in [-0.3, -0.25) is 24.0 Å². The maximum atomic E-state index is 12.5. The summed E-state index contributed by atoms with van der Waals surface area (Å²) in [6.07, 6.45) is -2.70. The number of thiol groups is 1. The molecule has 5 unspecified atom stereocenters. The molecule has 5 atom stereocenters. The highest BCUT2D eigenvalue weighted by atomic mass is 32.1. The molecule has 0 saturated heterocycles. The minimum atomic E-state index is -1.75. The molecule has 0 fully saturated rings. The lowest BCUT2D eigenvalue weighted by Crippen LogP contribution is -2.58. The van der Waals surface area contributed by atoms with Crippen molar-refractivity contribution in [2.24, 2.45) is 11.5 Å². The Morgan fingerprint density at radius 1 is 0.903 bits per heavy atom. The maximum Gasteiger partial charge on any atom is 0.326 e. The standard InChI is InChI=1S/C16H27N5O9S/c1-6(22)12(18)15(28)19-7(2-3-10(17)23)13(26)21-9(5-31)14(27)20-8(16(29)30)4-11(24)25/h6-9,12,22,31H,2-5,18H2,1H3,(H2,17,23)(H,19,28)(H,20,27)(H,21,26)(H,24,25)(H,29,30). The molecule has 0 aliphatic heterocycles. The van der Waals surface area contributed by atoms with Gasteiger partial charge >= 0.3 is 11.9 Å². The average Bonchev–Trinajstić information content (AvgIpc) is 2.66. The molecule has 0 aromatic rings. The number of nitrogens with two attached hydrogens (primary N) is 2. The van der Waals surface area contributed by atoms with Gasteiger partial charge in [0, 0.05) is 12.2 Å². The molecular weight excluding hydrogens is 438 g/mol.